The highest BCUT2D eigenvalue weighted by atomic mass is 32.2. The van der Waals surface area contributed by atoms with Crippen molar-refractivity contribution in [3.8, 4) is 0 Å². The van der Waals surface area contributed by atoms with E-state index in [1.165, 1.54) is 18.3 Å². The van der Waals surface area contributed by atoms with Crippen LogP contribution in [0, 0.1) is 0 Å². The molecule has 0 aliphatic rings. The molecule has 0 bridgehead atoms. The second-order valence-corrected chi connectivity index (χ2v) is 5.33. The van der Waals surface area contributed by atoms with Gasteiger partial charge in [-0.25, -0.2) is 18.1 Å². The third-order valence-corrected chi connectivity index (χ3v) is 3.54. The number of sulfonamides is 1. The van der Waals surface area contributed by atoms with Crippen LogP contribution >= 0.6 is 0 Å². The number of pyridine rings is 2. The van der Waals surface area contributed by atoms with Gasteiger partial charge >= 0.3 is 0 Å². The molecule has 0 aliphatic heterocycles. The van der Waals surface area contributed by atoms with Gasteiger partial charge in [0.25, 0.3) is 10.0 Å². The average molecular weight is 264 g/mol. The number of nitrogens with one attached hydrogen (secondary N) is 1. The largest absolute Gasteiger partial charge is 0.397 e. The highest BCUT2D eigenvalue weighted by Gasteiger charge is 2.14. The minimum absolute atomic E-state index is 0.0550. The first-order chi connectivity index (χ1) is 8.58. The van der Waals surface area contributed by atoms with Crippen molar-refractivity contribution in [3.63, 3.8) is 0 Å². The first-order valence-electron chi connectivity index (χ1n) is 5.18. The van der Waals surface area contributed by atoms with Crippen LogP contribution in [0.2, 0.25) is 0 Å². The lowest BCUT2D eigenvalue weighted by molar-refractivity contribution is 0.577. The van der Waals surface area contributed by atoms with Crippen molar-refractivity contribution in [2.45, 2.75) is 11.6 Å². The lowest BCUT2D eigenvalue weighted by Crippen LogP contribution is -2.24. The zero-order valence-corrected chi connectivity index (χ0v) is 10.3. The standard InChI is InChI=1S/C11H12N4O2S/c12-10-3-4-11(14-8-10)18(16,17)15-7-9-2-1-5-13-6-9/h1-6,8,15H,7,12H2. The second kappa shape index (κ2) is 5.11. The summed E-state index contributed by atoms with van der Waals surface area (Å²) in [5.41, 5.74) is 6.64. The Morgan fingerprint density at radius 2 is 2.06 bits per heavy atom. The van der Waals surface area contributed by atoms with Crippen LogP contribution in [0.1, 0.15) is 5.56 Å². The molecule has 0 aromatic carbocycles. The number of aromatic nitrogens is 2. The van der Waals surface area contributed by atoms with E-state index in [1.807, 2.05) is 0 Å². The first-order valence-corrected chi connectivity index (χ1v) is 6.66. The minimum Gasteiger partial charge on any atom is -0.397 e. The molecule has 94 valence electrons. The topological polar surface area (TPSA) is 98.0 Å². The van der Waals surface area contributed by atoms with Gasteiger partial charge in [-0.3, -0.25) is 4.98 Å². The Morgan fingerprint density at radius 3 is 2.67 bits per heavy atom. The van der Waals surface area contributed by atoms with Gasteiger partial charge in [0.15, 0.2) is 5.03 Å². The number of nitrogens with two attached hydrogens (primary N) is 1. The number of nitrogen functional groups attached to an aromatic ring is 1. The molecule has 2 heterocycles. The summed E-state index contributed by atoms with van der Waals surface area (Å²) in [4.78, 5) is 7.67. The van der Waals surface area contributed by atoms with Crippen molar-refractivity contribution in [3.05, 3.63) is 48.4 Å². The molecule has 6 nitrogen and oxygen atoms in total. The molecular formula is C11H12N4O2S. The maximum absolute atomic E-state index is 11.9. The quantitative estimate of drug-likeness (QED) is 0.839. The highest BCUT2D eigenvalue weighted by molar-refractivity contribution is 7.89. The van der Waals surface area contributed by atoms with Gasteiger partial charge in [-0.15, -0.1) is 0 Å². The Balaban J connectivity index is 2.11. The van der Waals surface area contributed by atoms with E-state index in [0.717, 1.165) is 5.56 Å². The molecule has 0 radical (unpaired) electrons. The van der Waals surface area contributed by atoms with E-state index in [0.29, 0.717) is 5.69 Å². The van der Waals surface area contributed by atoms with Gasteiger partial charge < -0.3 is 5.73 Å². The molecule has 0 spiro atoms. The first kappa shape index (κ1) is 12.5. The van der Waals surface area contributed by atoms with Crippen LogP contribution in [0.15, 0.2) is 47.9 Å². The van der Waals surface area contributed by atoms with Crippen LogP contribution in [-0.2, 0) is 16.6 Å². The number of anilines is 1. The van der Waals surface area contributed by atoms with Gasteiger partial charge in [-0.1, -0.05) is 6.07 Å². The van der Waals surface area contributed by atoms with Crippen molar-refractivity contribution >= 4 is 15.7 Å². The van der Waals surface area contributed by atoms with Crippen LogP contribution in [0.3, 0.4) is 0 Å². The second-order valence-electron chi connectivity index (χ2n) is 3.62. The summed E-state index contributed by atoms with van der Waals surface area (Å²) < 4.78 is 26.2. The summed E-state index contributed by atoms with van der Waals surface area (Å²) in [6, 6.07) is 6.38. The average Bonchev–Trinajstić information content (AvgIpc) is 2.38. The number of hydrogen-bond donors (Lipinski definition) is 2. The number of rotatable bonds is 4. The summed E-state index contributed by atoms with van der Waals surface area (Å²) in [6.45, 7) is 0.169. The number of hydrogen-bond acceptors (Lipinski definition) is 5. The minimum atomic E-state index is -3.62. The lowest BCUT2D eigenvalue weighted by atomic mass is 10.3. The summed E-state index contributed by atoms with van der Waals surface area (Å²) in [7, 11) is -3.62. The fraction of sp³-hybridized carbons (Fsp3) is 0.0909. The molecule has 0 unspecified atom stereocenters. The van der Waals surface area contributed by atoms with Gasteiger partial charge in [-0.2, -0.15) is 0 Å². The van der Waals surface area contributed by atoms with Gasteiger partial charge in [0.05, 0.1) is 11.9 Å². The Kier molecular flexibility index (Phi) is 3.54. The SMILES string of the molecule is Nc1ccc(S(=O)(=O)NCc2cccnc2)nc1. The van der Waals surface area contributed by atoms with Crippen molar-refractivity contribution < 1.29 is 8.42 Å². The van der Waals surface area contributed by atoms with Crippen LogP contribution in [0.25, 0.3) is 0 Å². The fourth-order valence-corrected chi connectivity index (χ4v) is 2.25. The zero-order valence-electron chi connectivity index (χ0n) is 9.45. The highest BCUT2D eigenvalue weighted by Crippen LogP contribution is 2.08. The summed E-state index contributed by atoms with van der Waals surface area (Å²) in [6.07, 6.45) is 4.52. The van der Waals surface area contributed by atoms with Crippen molar-refractivity contribution in [2.75, 3.05) is 5.73 Å². The van der Waals surface area contributed by atoms with Gasteiger partial charge in [-0.05, 0) is 23.8 Å². The van der Waals surface area contributed by atoms with Gasteiger partial charge in [0, 0.05) is 18.9 Å². The van der Waals surface area contributed by atoms with Crippen LogP contribution in [0.5, 0.6) is 0 Å². The van der Waals surface area contributed by atoms with E-state index in [1.54, 1.807) is 24.5 Å². The third-order valence-electron chi connectivity index (χ3n) is 2.22. The molecule has 0 saturated carbocycles. The molecule has 2 rings (SSSR count). The normalized spacial score (nSPS) is 11.3. The molecule has 0 aliphatic carbocycles. The fourth-order valence-electron chi connectivity index (χ4n) is 1.31. The molecule has 2 aromatic heterocycles. The van der Waals surface area contributed by atoms with Crippen LogP contribution in [-0.4, -0.2) is 18.4 Å². The number of nitrogens with zero attached hydrogens (tertiary/aromatic N) is 2. The van der Waals surface area contributed by atoms with Crippen LogP contribution < -0.4 is 10.5 Å². The summed E-state index contributed by atoms with van der Waals surface area (Å²) >= 11 is 0. The third kappa shape index (κ3) is 3.02. The van der Waals surface area contributed by atoms with E-state index >= 15 is 0 Å². The van der Waals surface area contributed by atoms with Crippen molar-refractivity contribution in [1.29, 1.82) is 0 Å². The smallest absolute Gasteiger partial charge is 0.258 e. The van der Waals surface area contributed by atoms with Gasteiger partial charge in [0.2, 0.25) is 0 Å². The molecule has 7 heteroatoms. The zero-order chi connectivity index (χ0) is 13.0. The predicted molar refractivity (Wildman–Crippen MR) is 66.9 cm³/mol. The predicted octanol–water partition coefficient (Wildman–Crippen LogP) is 0.537. The molecule has 0 amide bonds. The van der Waals surface area contributed by atoms with Crippen molar-refractivity contribution in [2.24, 2.45) is 0 Å². The maximum Gasteiger partial charge on any atom is 0.258 e. The van der Waals surface area contributed by atoms with Crippen molar-refractivity contribution in [1.82, 2.24) is 14.7 Å². The Hall–Kier alpha value is -1.99. The van der Waals surface area contributed by atoms with E-state index in [2.05, 4.69) is 14.7 Å². The molecule has 18 heavy (non-hydrogen) atoms. The monoisotopic (exact) mass is 264 g/mol. The molecular weight excluding hydrogens is 252 g/mol. The van der Waals surface area contributed by atoms with Crippen LogP contribution in [0.4, 0.5) is 5.69 Å². The Morgan fingerprint density at radius 1 is 1.22 bits per heavy atom. The summed E-state index contributed by atoms with van der Waals surface area (Å²) in [5, 5.41) is -0.0550. The molecule has 2 aromatic rings. The molecule has 3 N–H and O–H groups in total. The van der Waals surface area contributed by atoms with E-state index in [9.17, 15) is 8.42 Å². The Labute approximate surface area is 105 Å². The molecule has 0 fully saturated rings. The van der Waals surface area contributed by atoms with E-state index in [-0.39, 0.29) is 11.6 Å². The van der Waals surface area contributed by atoms with E-state index < -0.39 is 10.0 Å². The lowest BCUT2D eigenvalue weighted by Gasteiger charge is -2.05. The summed E-state index contributed by atoms with van der Waals surface area (Å²) in [5.74, 6) is 0. The maximum atomic E-state index is 11.9. The molecule has 0 saturated heterocycles. The molecule has 0 atom stereocenters. The van der Waals surface area contributed by atoms with Gasteiger partial charge in [0.1, 0.15) is 0 Å². The Bertz CT molecular complexity index is 611. The van der Waals surface area contributed by atoms with E-state index in [4.69, 9.17) is 5.73 Å².